The van der Waals surface area contributed by atoms with Crippen LogP contribution in [0.15, 0.2) is 195 Å². The molecule has 0 aliphatic heterocycles. The largest absolute Gasteiger partial charge is 0.324 e. The van der Waals surface area contributed by atoms with Crippen LogP contribution < -0.4 is 31.9 Å². The Labute approximate surface area is 387 Å². The molecule has 0 amide bonds. The van der Waals surface area contributed by atoms with Crippen molar-refractivity contribution in [3.05, 3.63) is 195 Å². The van der Waals surface area contributed by atoms with Crippen molar-refractivity contribution < 1.29 is 0 Å². The van der Waals surface area contributed by atoms with Gasteiger partial charge in [-0.05, 0) is 72.8 Å². The summed E-state index contributed by atoms with van der Waals surface area (Å²) >= 11 is 0. The average molecular weight is 895 g/mol. The van der Waals surface area contributed by atoms with Crippen molar-refractivity contribution in [2.24, 2.45) is 0 Å². The number of aromatic nitrogens is 14. The number of para-hydroxylation sites is 4. The maximum Gasteiger partial charge on any atom is 0.233 e. The monoisotopic (exact) mass is 894 g/mol. The van der Waals surface area contributed by atoms with Crippen molar-refractivity contribution in [3.63, 3.8) is 0 Å². The minimum absolute atomic E-state index is 0.284. The van der Waals surface area contributed by atoms with Crippen LogP contribution in [-0.2, 0) is 0 Å². The molecule has 20 nitrogen and oxygen atoms in total. The van der Waals surface area contributed by atoms with E-state index in [-0.39, 0.29) is 35.7 Å². The van der Waals surface area contributed by atoms with Gasteiger partial charge in [0.15, 0.2) is 0 Å². The molecule has 20 heteroatoms. The van der Waals surface area contributed by atoms with E-state index in [1.54, 1.807) is 43.5 Å². The van der Waals surface area contributed by atoms with Crippen molar-refractivity contribution in [1.29, 1.82) is 0 Å². The molecule has 0 bridgehead atoms. The molecule has 0 unspecified atom stereocenters. The molecule has 0 saturated heterocycles. The van der Waals surface area contributed by atoms with Crippen molar-refractivity contribution in [2.75, 3.05) is 31.9 Å². The van der Waals surface area contributed by atoms with Gasteiger partial charge < -0.3 is 31.9 Å². The van der Waals surface area contributed by atoms with E-state index in [0.717, 1.165) is 22.7 Å². The molecule has 0 aliphatic carbocycles. The van der Waals surface area contributed by atoms with Crippen molar-refractivity contribution in [2.45, 2.75) is 0 Å². The Morgan fingerprint density at radius 3 is 0.662 bits per heavy atom. The predicted molar refractivity (Wildman–Crippen MR) is 260 cm³/mol. The van der Waals surface area contributed by atoms with Crippen LogP contribution in [0.3, 0.4) is 0 Å². The number of anilines is 12. The summed E-state index contributed by atoms with van der Waals surface area (Å²) in [7, 11) is 0. The van der Waals surface area contributed by atoms with E-state index in [0.29, 0.717) is 34.1 Å². The van der Waals surface area contributed by atoms with E-state index >= 15 is 0 Å². The van der Waals surface area contributed by atoms with Gasteiger partial charge in [-0.25, -0.2) is 18.7 Å². The number of hydrogen-bond donors (Lipinski definition) is 6. The first kappa shape index (κ1) is 40.5. The third-order valence-corrected chi connectivity index (χ3v) is 10.1. The van der Waals surface area contributed by atoms with Crippen molar-refractivity contribution in [3.8, 4) is 22.7 Å². The zero-order valence-corrected chi connectivity index (χ0v) is 35.7. The molecule has 11 rings (SSSR count). The van der Waals surface area contributed by atoms with Gasteiger partial charge in [-0.2, -0.15) is 50.3 Å². The minimum atomic E-state index is 0.284. The van der Waals surface area contributed by atoms with Crippen LogP contribution >= 0.6 is 0 Å². The SMILES string of the molecule is c1ccc(-n2cc(Nc3nc(Nc4ccc(Nc5nc(Nc6cnn(-c7ccccc7)c6)nc(Nc6cnn(-c7ccccc7)c6)n5)cc4)nc(Nc4cnn(-c5ccccc5)c4)n3)cn2)cc1. The molecule has 6 aromatic heterocycles. The van der Waals surface area contributed by atoms with Gasteiger partial charge >= 0.3 is 0 Å². The molecule has 0 fully saturated rings. The van der Waals surface area contributed by atoms with Crippen LogP contribution in [0, 0.1) is 0 Å². The van der Waals surface area contributed by atoms with E-state index in [9.17, 15) is 0 Å². The van der Waals surface area contributed by atoms with E-state index in [1.807, 2.05) is 170 Å². The van der Waals surface area contributed by atoms with Gasteiger partial charge in [0.05, 0.1) is 95.1 Å². The van der Waals surface area contributed by atoms with Crippen LogP contribution in [0.25, 0.3) is 22.7 Å². The molecule has 0 radical (unpaired) electrons. The lowest BCUT2D eigenvalue weighted by atomic mass is 10.3. The maximum atomic E-state index is 4.71. The van der Waals surface area contributed by atoms with Crippen LogP contribution in [0.2, 0.25) is 0 Å². The molecule has 6 heterocycles. The molecule has 5 aromatic carbocycles. The third kappa shape index (κ3) is 9.63. The first-order valence-corrected chi connectivity index (χ1v) is 21.2. The molecule has 0 atom stereocenters. The lowest BCUT2D eigenvalue weighted by molar-refractivity contribution is 0.880. The molecule has 6 N–H and O–H groups in total. The van der Waals surface area contributed by atoms with Crippen LogP contribution in [-0.4, -0.2) is 69.0 Å². The van der Waals surface area contributed by atoms with Gasteiger partial charge in [-0.1, -0.05) is 72.8 Å². The molecule has 68 heavy (non-hydrogen) atoms. The number of hydrogen-bond acceptors (Lipinski definition) is 16. The van der Waals surface area contributed by atoms with Crippen LogP contribution in [0.1, 0.15) is 0 Å². The summed E-state index contributed by atoms with van der Waals surface area (Å²) in [6.45, 7) is 0. The number of nitrogens with zero attached hydrogens (tertiary/aromatic N) is 14. The summed E-state index contributed by atoms with van der Waals surface area (Å²) in [5.41, 5.74) is 7.81. The van der Waals surface area contributed by atoms with Crippen LogP contribution in [0.4, 0.5) is 69.8 Å². The summed E-state index contributed by atoms with van der Waals surface area (Å²) in [5.74, 6) is 1.72. The van der Waals surface area contributed by atoms with Gasteiger partial charge in [-0.15, -0.1) is 0 Å². The molecule has 11 aromatic rings. The summed E-state index contributed by atoms with van der Waals surface area (Å²) in [6, 6.07) is 46.8. The Balaban J connectivity index is 0.838. The first-order chi connectivity index (χ1) is 33.6. The zero-order valence-electron chi connectivity index (χ0n) is 35.7. The van der Waals surface area contributed by atoms with E-state index < -0.39 is 0 Å². The number of rotatable bonds is 16. The fourth-order valence-corrected chi connectivity index (χ4v) is 6.94. The fourth-order valence-electron chi connectivity index (χ4n) is 6.94. The first-order valence-electron chi connectivity index (χ1n) is 21.2. The second-order valence-electron chi connectivity index (χ2n) is 15.0. The Kier molecular flexibility index (Phi) is 11.0. The molecule has 0 saturated carbocycles. The Morgan fingerprint density at radius 1 is 0.235 bits per heavy atom. The summed E-state index contributed by atoms with van der Waals surface area (Å²) in [5, 5.41) is 37.8. The molecule has 330 valence electrons. The number of nitrogens with one attached hydrogen (secondary N) is 6. The lowest BCUT2D eigenvalue weighted by Crippen LogP contribution is -2.08. The number of benzene rings is 5. The quantitative estimate of drug-likeness (QED) is 0.0532. The second kappa shape index (κ2) is 18.5. The lowest BCUT2D eigenvalue weighted by Gasteiger charge is -2.12. The molecule has 0 aliphatic rings. The highest BCUT2D eigenvalue weighted by Gasteiger charge is 2.14. The molecular formula is C48H38N20. The van der Waals surface area contributed by atoms with Gasteiger partial charge in [-0.3, -0.25) is 0 Å². The van der Waals surface area contributed by atoms with Gasteiger partial charge in [0.1, 0.15) is 0 Å². The molecule has 0 spiro atoms. The van der Waals surface area contributed by atoms with Gasteiger partial charge in [0.25, 0.3) is 0 Å². The highest BCUT2D eigenvalue weighted by molar-refractivity contribution is 5.66. The van der Waals surface area contributed by atoms with Gasteiger partial charge in [0, 0.05) is 11.4 Å². The van der Waals surface area contributed by atoms with E-state index in [2.05, 4.69) is 62.3 Å². The average Bonchev–Trinajstić information content (AvgIpc) is 4.23. The second-order valence-corrected chi connectivity index (χ2v) is 15.0. The van der Waals surface area contributed by atoms with Crippen molar-refractivity contribution >= 4 is 69.8 Å². The topological polar surface area (TPSA) is 221 Å². The Morgan fingerprint density at radius 2 is 0.441 bits per heavy atom. The smallest absolute Gasteiger partial charge is 0.233 e. The Bertz CT molecular complexity index is 2980. The zero-order chi connectivity index (χ0) is 45.5. The summed E-state index contributed by atoms with van der Waals surface area (Å²) < 4.78 is 7.07. The minimum Gasteiger partial charge on any atom is -0.324 e. The Hall–Kier alpha value is -10.2. The summed E-state index contributed by atoms with van der Waals surface area (Å²) in [6.07, 6.45) is 14.3. The molecular weight excluding hydrogens is 857 g/mol. The van der Waals surface area contributed by atoms with Gasteiger partial charge in [0.2, 0.25) is 35.7 Å². The van der Waals surface area contributed by atoms with Crippen LogP contribution in [0.5, 0.6) is 0 Å². The van der Waals surface area contributed by atoms with E-state index in [4.69, 9.17) is 19.9 Å². The normalized spacial score (nSPS) is 10.9. The third-order valence-electron chi connectivity index (χ3n) is 10.1. The van der Waals surface area contributed by atoms with E-state index in [1.165, 1.54) is 0 Å². The summed E-state index contributed by atoms with van der Waals surface area (Å²) in [4.78, 5) is 28.2. The predicted octanol–water partition coefficient (Wildman–Crippen LogP) is 9.26. The highest BCUT2D eigenvalue weighted by Crippen LogP contribution is 2.26. The standard InChI is InChI=1S/C48H38N20/c1-5-13-39(14-6-1)65-29-35(25-49-65)55-45-59-43(60-46(63-45)56-36-26-50-66(30-36)40-15-7-2-8-16-40)53-33-21-23-34(24-22-33)54-44-61-47(57-37-27-51-67(31-37)41-17-9-3-10-18-41)64-48(62-44)58-38-28-52-68(32-38)42-19-11-4-12-20-42/h1-32H,(H3,53,55,56,59,60,63)(H3,54,57,58,61,62,64). The van der Waals surface area contributed by atoms with Crippen molar-refractivity contribution in [1.82, 2.24) is 69.0 Å². The highest BCUT2D eigenvalue weighted by atomic mass is 15.3. The fraction of sp³-hybridized carbons (Fsp3) is 0. The maximum absolute atomic E-state index is 4.71.